The maximum atomic E-state index is 13.9. The van der Waals surface area contributed by atoms with Gasteiger partial charge in [-0.2, -0.15) is 0 Å². The number of hydrogen-bond acceptors (Lipinski definition) is 3. The molecule has 2 atom stereocenters. The number of nitrogens with one attached hydrogen (secondary N) is 2. The molecule has 7 heteroatoms. The molecule has 2 N–H and O–H groups in total. The number of ether oxygens (including phenoxy) is 1. The van der Waals surface area contributed by atoms with Gasteiger partial charge in [0, 0.05) is 43.9 Å². The quantitative estimate of drug-likeness (QED) is 0.273. The van der Waals surface area contributed by atoms with Gasteiger partial charge in [0.15, 0.2) is 5.96 Å². The van der Waals surface area contributed by atoms with Crippen molar-refractivity contribution in [3.05, 3.63) is 71.0 Å². The van der Waals surface area contributed by atoms with E-state index in [1.54, 1.807) is 13.2 Å². The van der Waals surface area contributed by atoms with Crippen LogP contribution in [-0.2, 0) is 24.4 Å². The van der Waals surface area contributed by atoms with Crippen LogP contribution in [-0.4, -0.2) is 42.6 Å². The van der Waals surface area contributed by atoms with Crippen molar-refractivity contribution in [2.75, 3.05) is 13.7 Å². The molecule has 0 amide bonds. The number of methoxy groups -OCH3 is 1. The zero-order chi connectivity index (χ0) is 22.3. The highest BCUT2D eigenvalue weighted by Gasteiger charge is 2.40. The Hall–Kier alpha value is -1.71. The second-order valence-electron chi connectivity index (χ2n) is 8.91. The van der Waals surface area contributed by atoms with Gasteiger partial charge in [-0.15, -0.1) is 24.0 Å². The number of hydrogen-bond donors (Lipinski definition) is 2. The first-order valence-corrected chi connectivity index (χ1v) is 11.8. The Bertz CT molecular complexity index is 896. The fourth-order valence-corrected chi connectivity index (χ4v) is 5.12. The van der Waals surface area contributed by atoms with Gasteiger partial charge in [0.2, 0.25) is 0 Å². The average molecular weight is 567 g/mol. The van der Waals surface area contributed by atoms with Crippen molar-refractivity contribution < 1.29 is 9.13 Å². The predicted octanol–water partition coefficient (Wildman–Crippen LogP) is 4.84. The van der Waals surface area contributed by atoms with Gasteiger partial charge in [0.05, 0.1) is 13.2 Å². The smallest absolute Gasteiger partial charge is 0.191 e. The Morgan fingerprint density at radius 1 is 1.09 bits per heavy atom. The summed E-state index contributed by atoms with van der Waals surface area (Å²) >= 11 is 0. The topological polar surface area (TPSA) is 48.9 Å². The van der Waals surface area contributed by atoms with Crippen LogP contribution in [0.3, 0.4) is 0 Å². The Morgan fingerprint density at radius 2 is 1.82 bits per heavy atom. The highest BCUT2D eigenvalue weighted by atomic mass is 127. The highest BCUT2D eigenvalue weighted by Crippen LogP contribution is 2.36. The van der Waals surface area contributed by atoms with Gasteiger partial charge >= 0.3 is 0 Å². The van der Waals surface area contributed by atoms with E-state index in [1.807, 2.05) is 6.07 Å². The molecule has 5 nitrogen and oxygen atoms in total. The minimum Gasteiger partial charge on any atom is -0.380 e. The van der Waals surface area contributed by atoms with E-state index in [9.17, 15) is 4.39 Å². The van der Waals surface area contributed by atoms with Crippen molar-refractivity contribution in [2.45, 2.75) is 70.4 Å². The van der Waals surface area contributed by atoms with Crippen LogP contribution in [0, 0.1) is 5.82 Å². The molecule has 4 rings (SSSR count). The minimum absolute atomic E-state index is 0. The van der Waals surface area contributed by atoms with Crippen LogP contribution >= 0.6 is 24.0 Å². The van der Waals surface area contributed by atoms with Gasteiger partial charge in [0.25, 0.3) is 0 Å². The third kappa shape index (κ3) is 6.90. The number of guanidine groups is 1. The Balaban J connectivity index is 0.00000306. The summed E-state index contributed by atoms with van der Waals surface area (Å²) < 4.78 is 19.0. The number of halogens is 2. The third-order valence-electron chi connectivity index (χ3n) is 6.61. The lowest BCUT2D eigenvalue weighted by Gasteiger charge is -2.39. The van der Waals surface area contributed by atoms with Crippen LogP contribution < -0.4 is 10.6 Å². The number of rotatable bonds is 8. The SMILES string of the molecule is CCNC(=NCc1ccc(F)c(COC)c1)NC1CC2CCC(C1)N2Cc1ccccc1.I. The van der Waals surface area contributed by atoms with Gasteiger partial charge in [-0.1, -0.05) is 36.4 Å². The Morgan fingerprint density at radius 3 is 2.48 bits per heavy atom. The molecule has 2 aromatic rings. The molecule has 2 unspecified atom stereocenters. The average Bonchev–Trinajstić information content (AvgIpc) is 3.02. The lowest BCUT2D eigenvalue weighted by atomic mass is 9.96. The summed E-state index contributed by atoms with van der Waals surface area (Å²) in [5.74, 6) is 0.605. The van der Waals surface area contributed by atoms with E-state index in [-0.39, 0.29) is 36.4 Å². The second kappa shape index (κ2) is 12.7. The molecule has 0 aliphatic carbocycles. The van der Waals surface area contributed by atoms with E-state index in [2.05, 4.69) is 52.8 Å². The monoisotopic (exact) mass is 566 g/mol. The van der Waals surface area contributed by atoms with Gasteiger partial charge in [-0.25, -0.2) is 9.38 Å². The van der Waals surface area contributed by atoms with Crippen LogP contribution in [0.1, 0.15) is 49.3 Å². The molecule has 2 aromatic carbocycles. The fraction of sp³-hybridized carbons (Fsp3) is 0.500. The molecule has 33 heavy (non-hydrogen) atoms. The summed E-state index contributed by atoms with van der Waals surface area (Å²) in [7, 11) is 1.58. The van der Waals surface area contributed by atoms with Crippen molar-refractivity contribution in [3.63, 3.8) is 0 Å². The minimum atomic E-state index is -0.234. The van der Waals surface area contributed by atoms with E-state index in [0.717, 1.165) is 37.5 Å². The molecule has 0 aromatic heterocycles. The maximum absolute atomic E-state index is 13.9. The maximum Gasteiger partial charge on any atom is 0.191 e. The summed E-state index contributed by atoms with van der Waals surface area (Å²) in [5, 5.41) is 7.06. The molecule has 2 bridgehead atoms. The summed E-state index contributed by atoms with van der Waals surface area (Å²) in [6.07, 6.45) is 4.84. The first kappa shape index (κ1) is 25.9. The molecular formula is C26H36FIN4O. The van der Waals surface area contributed by atoms with E-state index in [4.69, 9.17) is 9.73 Å². The van der Waals surface area contributed by atoms with E-state index in [0.29, 0.717) is 30.2 Å². The zero-order valence-corrected chi connectivity index (χ0v) is 21.9. The number of nitrogens with zero attached hydrogens (tertiary/aromatic N) is 2. The van der Waals surface area contributed by atoms with Gasteiger partial charge in [-0.05, 0) is 55.9 Å². The molecule has 2 aliphatic rings. The van der Waals surface area contributed by atoms with E-state index >= 15 is 0 Å². The standard InChI is InChI=1S/C26H35FN4O.HI/c1-3-28-26(29-16-20-9-12-25(27)21(13-20)18-32-2)30-22-14-23-10-11-24(15-22)31(23)17-19-7-5-4-6-8-19;/h4-9,12-13,22-24H,3,10-11,14-18H2,1-2H3,(H2,28,29,30);1H. The molecule has 2 aliphatic heterocycles. The van der Waals surface area contributed by atoms with Crippen molar-refractivity contribution >= 4 is 29.9 Å². The van der Waals surface area contributed by atoms with Gasteiger partial charge in [0.1, 0.15) is 5.82 Å². The van der Waals surface area contributed by atoms with Crippen molar-refractivity contribution in [2.24, 2.45) is 4.99 Å². The lowest BCUT2D eigenvalue weighted by Crippen LogP contribution is -2.52. The van der Waals surface area contributed by atoms with Gasteiger partial charge < -0.3 is 15.4 Å². The molecule has 0 saturated carbocycles. The van der Waals surface area contributed by atoms with E-state index < -0.39 is 0 Å². The summed E-state index contributed by atoms with van der Waals surface area (Å²) in [4.78, 5) is 7.49. The Kier molecular flexibility index (Phi) is 9.94. The van der Waals surface area contributed by atoms with Crippen LogP contribution in [0.25, 0.3) is 0 Å². The molecule has 0 radical (unpaired) electrons. The van der Waals surface area contributed by atoms with Crippen LogP contribution in [0.5, 0.6) is 0 Å². The Labute approximate surface area is 214 Å². The summed E-state index contributed by atoms with van der Waals surface area (Å²) in [6, 6.07) is 17.6. The van der Waals surface area contributed by atoms with Crippen LogP contribution in [0.2, 0.25) is 0 Å². The first-order valence-electron chi connectivity index (χ1n) is 11.8. The molecule has 2 heterocycles. The predicted molar refractivity (Wildman–Crippen MR) is 142 cm³/mol. The van der Waals surface area contributed by atoms with Crippen LogP contribution in [0.15, 0.2) is 53.5 Å². The zero-order valence-electron chi connectivity index (χ0n) is 19.6. The third-order valence-corrected chi connectivity index (χ3v) is 6.61. The summed E-state index contributed by atoms with van der Waals surface area (Å²) in [5.41, 5.74) is 2.95. The van der Waals surface area contributed by atoms with Crippen molar-refractivity contribution in [1.82, 2.24) is 15.5 Å². The lowest BCUT2D eigenvalue weighted by molar-refractivity contribution is 0.114. The number of fused-ring (bicyclic) bond motifs is 2. The second-order valence-corrected chi connectivity index (χ2v) is 8.91. The molecule has 2 fully saturated rings. The fourth-order valence-electron chi connectivity index (χ4n) is 5.12. The largest absolute Gasteiger partial charge is 0.380 e. The summed E-state index contributed by atoms with van der Waals surface area (Å²) in [6.45, 7) is 4.71. The van der Waals surface area contributed by atoms with E-state index in [1.165, 1.54) is 24.5 Å². The normalized spacial score (nSPS) is 22.6. The molecule has 2 saturated heterocycles. The van der Waals surface area contributed by atoms with Crippen LogP contribution in [0.4, 0.5) is 4.39 Å². The first-order chi connectivity index (χ1) is 15.7. The molecule has 0 spiro atoms. The molecule has 180 valence electrons. The molecular weight excluding hydrogens is 530 g/mol. The number of aliphatic imine (C=N–C) groups is 1. The highest BCUT2D eigenvalue weighted by molar-refractivity contribution is 14.0. The van der Waals surface area contributed by atoms with Crippen molar-refractivity contribution in [1.29, 1.82) is 0 Å². The number of benzene rings is 2. The van der Waals surface area contributed by atoms with Gasteiger partial charge in [-0.3, -0.25) is 4.90 Å². The number of piperidine rings is 1. The van der Waals surface area contributed by atoms with Crippen molar-refractivity contribution in [3.8, 4) is 0 Å².